The zero-order chi connectivity index (χ0) is 24.2. The van der Waals surface area contributed by atoms with Gasteiger partial charge in [0.25, 0.3) is 11.8 Å². The van der Waals surface area contributed by atoms with Crippen molar-refractivity contribution in [2.45, 2.75) is 51.5 Å². The Labute approximate surface area is 196 Å². The van der Waals surface area contributed by atoms with E-state index in [1.165, 1.54) is 28.6 Å². The van der Waals surface area contributed by atoms with Gasteiger partial charge in [-0.2, -0.15) is 4.31 Å². The van der Waals surface area contributed by atoms with Crippen molar-refractivity contribution in [1.29, 1.82) is 0 Å². The number of hydrogen-bond donors (Lipinski definition) is 2. The van der Waals surface area contributed by atoms with Crippen LogP contribution in [0.25, 0.3) is 0 Å². The van der Waals surface area contributed by atoms with Gasteiger partial charge in [-0.1, -0.05) is 32.9 Å². The van der Waals surface area contributed by atoms with Crippen LogP contribution in [0.15, 0.2) is 53.4 Å². The molecule has 1 heterocycles. The first-order chi connectivity index (χ1) is 15.6. The van der Waals surface area contributed by atoms with E-state index in [4.69, 9.17) is 0 Å². The third-order valence-corrected chi connectivity index (χ3v) is 7.85. The molecule has 1 saturated heterocycles. The van der Waals surface area contributed by atoms with Crippen LogP contribution in [0.1, 0.15) is 61.3 Å². The first kappa shape index (κ1) is 24.9. The summed E-state index contributed by atoms with van der Waals surface area (Å²) in [7, 11) is -3.61. The van der Waals surface area contributed by atoms with Crippen LogP contribution < -0.4 is 10.6 Å². The lowest BCUT2D eigenvalue weighted by Crippen LogP contribution is -2.42. The number of hydrogen-bond acceptors (Lipinski definition) is 4. The summed E-state index contributed by atoms with van der Waals surface area (Å²) in [5, 5.41) is 5.67. The largest absolute Gasteiger partial charge is 0.350 e. The molecule has 1 aliphatic heterocycles. The molecule has 0 unspecified atom stereocenters. The highest BCUT2D eigenvalue weighted by atomic mass is 32.2. The Kier molecular flexibility index (Phi) is 7.92. The third-order valence-electron chi connectivity index (χ3n) is 6.00. The van der Waals surface area contributed by atoms with Crippen molar-refractivity contribution in [2.75, 3.05) is 18.4 Å². The average molecular weight is 472 g/mol. The van der Waals surface area contributed by atoms with Gasteiger partial charge in [-0.15, -0.1) is 0 Å². The minimum absolute atomic E-state index is 0.0154. The maximum absolute atomic E-state index is 13.1. The molecular weight excluding hydrogens is 438 g/mol. The number of para-hydroxylation sites is 1. The Morgan fingerprint density at radius 3 is 2.21 bits per heavy atom. The van der Waals surface area contributed by atoms with Gasteiger partial charge in [0.2, 0.25) is 10.0 Å². The van der Waals surface area contributed by atoms with E-state index in [1.54, 1.807) is 24.3 Å². The van der Waals surface area contributed by atoms with Gasteiger partial charge in [0, 0.05) is 24.7 Å². The molecule has 7 nitrogen and oxygen atoms in total. The summed E-state index contributed by atoms with van der Waals surface area (Å²) in [5.74, 6) is -0.0491. The summed E-state index contributed by atoms with van der Waals surface area (Å²) in [6, 6.07) is 12.8. The van der Waals surface area contributed by atoms with Crippen LogP contribution >= 0.6 is 0 Å². The molecule has 1 aliphatic rings. The van der Waals surface area contributed by atoms with Crippen molar-refractivity contribution >= 4 is 27.5 Å². The highest BCUT2D eigenvalue weighted by molar-refractivity contribution is 7.89. The predicted octanol–water partition coefficient (Wildman–Crippen LogP) is 4.13. The summed E-state index contributed by atoms with van der Waals surface area (Å²) in [4.78, 5) is 25.6. The van der Waals surface area contributed by atoms with E-state index >= 15 is 0 Å². The molecule has 0 bridgehead atoms. The van der Waals surface area contributed by atoms with Gasteiger partial charge < -0.3 is 10.6 Å². The first-order valence-electron chi connectivity index (χ1n) is 11.4. The summed E-state index contributed by atoms with van der Waals surface area (Å²) in [5.41, 5.74) is 1.08. The van der Waals surface area contributed by atoms with Crippen molar-refractivity contribution in [3.05, 3.63) is 59.7 Å². The van der Waals surface area contributed by atoms with Crippen LogP contribution in [0.4, 0.5) is 5.69 Å². The molecule has 1 fully saturated rings. The molecule has 2 aromatic rings. The highest BCUT2D eigenvalue weighted by Crippen LogP contribution is 2.27. The smallest absolute Gasteiger partial charge is 0.255 e. The molecule has 0 aromatic heterocycles. The van der Waals surface area contributed by atoms with Crippen LogP contribution in [0.3, 0.4) is 0 Å². The van der Waals surface area contributed by atoms with Crippen molar-refractivity contribution in [2.24, 2.45) is 11.8 Å². The Morgan fingerprint density at radius 2 is 1.61 bits per heavy atom. The van der Waals surface area contributed by atoms with E-state index in [0.717, 1.165) is 12.8 Å². The minimum atomic E-state index is -3.61. The average Bonchev–Trinajstić information content (AvgIpc) is 2.78. The molecule has 0 spiro atoms. The van der Waals surface area contributed by atoms with E-state index in [1.807, 2.05) is 13.8 Å². The number of benzene rings is 2. The second kappa shape index (κ2) is 10.5. The maximum Gasteiger partial charge on any atom is 0.255 e. The quantitative estimate of drug-likeness (QED) is 0.635. The van der Waals surface area contributed by atoms with Gasteiger partial charge in [-0.05, 0) is 68.0 Å². The molecule has 3 atom stereocenters. The molecular formula is C25H33N3O4S. The highest BCUT2D eigenvalue weighted by Gasteiger charge is 2.31. The molecule has 178 valence electrons. The number of nitrogens with one attached hydrogen (secondary N) is 2. The second-order valence-corrected chi connectivity index (χ2v) is 11.0. The van der Waals surface area contributed by atoms with E-state index < -0.39 is 15.9 Å². The fraction of sp³-hybridized carbons (Fsp3) is 0.440. The molecule has 2 aromatic carbocycles. The van der Waals surface area contributed by atoms with Gasteiger partial charge in [0.15, 0.2) is 0 Å². The standard InChI is InChI=1S/C25H33N3O4S/c1-5-19(4)26-25(30)22-8-6-7-9-23(22)27-24(29)20-10-12-21(13-11-20)33(31,32)28-15-17(2)14-18(3)16-28/h6-13,17-19H,5,14-16H2,1-4H3,(H,26,30)(H,27,29)/t17-,18+,19-/m1/s1. The third kappa shape index (κ3) is 6.00. The number of piperidine rings is 1. The van der Waals surface area contributed by atoms with Gasteiger partial charge in [0.05, 0.1) is 16.1 Å². The van der Waals surface area contributed by atoms with E-state index in [9.17, 15) is 18.0 Å². The maximum atomic E-state index is 13.1. The van der Waals surface area contributed by atoms with Crippen LogP contribution in [-0.2, 0) is 10.0 Å². The summed E-state index contributed by atoms with van der Waals surface area (Å²) in [6.45, 7) is 9.03. The predicted molar refractivity (Wildman–Crippen MR) is 130 cm³/mol. The first-order valence-corrected chi connectivity index (χ1v) is 12.9. The number of amides is 2. The second-order valence-electron chi connectivity index (χ2n) is 9.07. The SMILES string of the molecule is CC[C@@H](C)NC(=O)c1ccccc1NC(=O)c1ccc(S(=O)(=O)N2C[C@H](C)C[C@H](C)C2)cc1. The lowest BCUT2D eigenvalue weighted by Gasteiger charge is -2.34. The topological polar surface area (TPSA) is 95.6 Å². The Balaban J connectivity index is 1.75. The fourth-order valence-corrected chi connectivity index (χ4v) is 5.80. The molecule has 8 heteroatoms. The molecule has 3 rings (SSSR count). The summed E-state index contributed by atoms with van der Waals surface area (Å²) in [6.07, 6.45) is 1.81. The van der Waals surface area contributed by atoms with E-state index in [-0.39, 0.29) is 16.8 Å². The zero-order valence-electron chi connectivity index (χ0n) is 19.7. The fourth-order valence-electron chi connectivity index (χ4n) is 4.12. The number of carbonyl (C=O) groups excluding carboxylic acids is 2. The molecule has 0 radical (unpaired) electrons. The van der Waals surface area contributed by atoms with Crippen molar-refractivity contribution in [3.8, 4) is 0 Å². The molecule has 2 amide bonds. The molecule has 2 N–H and O–H groups in total. The monoisotopic (exact) mass is 471 g/mol. The molecule has 0 aliphatic carbocycles. The Hall–Kier alpha value is -2.71. The summed E-state index contributed by atoms with van der Waals surface area (Å²) < 4.78 is 27.7. The lowest BCUT2D eigenvalue weighted by molar-refractivity contribution is 0.0940. The Bertz CT molecular complexity index is 1090. The van der Waals surface area contributed by atoms with Gasteiger partial charge in [-0.25, -0.2) is 8.42 Å². The lowest BCUT2D eigenvalue weighted by atomic mass is 9.94. The van der Waals surface area contributed by atoms with Crippen LogP contribution in [0.2, 0.25) is 0 Å². The normalized spacial score (nSPS) is 20.1. The van der Waals surface area contributed by atoms with Crippen LogP contribution in [0.5, 0.6) is 0 Å². The van der Waals surface area contributed by atoms with Crippen LogP contribution in [0, 0.1) is 11.8 Å². The zero-order valence-corrected chi connectivity index (χ0v) is 20.5. The minimum Gasteiger partial charge on any atom is -0.350 e. The number of sulfonamides is 1. The Morgan fingerprint density at radius 1 is 1.00 bits per heavy atom. The van der Waals surface area contributed by atoms with Crippen LogP contribution in [-0.4, -0.2) is 43.7 Å². The number of anilines is 1. The van der Waals surface area contributed by atoms with Gasteiger partial charge >= 0.3 is 0 Å². The van der Waals surface area contributed by atoms with E-state index in [2.05, 4.69) is 24.5 Å². The number of carbonyl (C=O) groups is 2. The number of nitrogens with zero attached hydrogens (tertiary/aromatic N) is 1. The van der Waals surface area contributed by atoms with Crippen molar-refractivity contribution in [3.63, 3.8) is 0 Å². The number of rotatable bonds is 7. The van der Waals surface area contributed by atoms with Crippen molar-refractivity contribution in [1.82, 2.24) is 9.62 Å². The van der Waals surface area contributed by atoms with Crippen molar-refractivity contribution < 1.29 is 18.0 Å². The van der Waals surface area contributed by atoms with Gasteiger partial charge in [0.1, 0.15) is 0 Å². The molecule has 33 heavy (non-hydrogen) atoms. The molecule has 0 saturated carbocycles. The van der Waals surface area contributed by atoms with Gasteiger partial charge in [-0.3, -0.25) is 9.59 Å². The summed E-state index contributed by atoms with van der Waals surface area (Å²) >= 11 is 0. The van der Waals surface area contributed by atoms with E-state index in [0.29, 0.717) is 41.7 Å².